The highest BCUT2D eigenvalue weighted by Crippen LogP contribution is 2.35. The Kier molecular flexibility index (Phi) is 2.86. The third kappa shape index (κ3) is 2.14. The molecule has 0 saturated heterocycles. The SMILES string of the molecule is CC(C)c1cccc2c1NCC(C)(C)C(=O)N2. The van der Waals surface area contributed by atoms with Crippen LogP contribution in [0.15, 0.2) is 18.2 Å². The number of carbonyl (C=O) groups excluding carboxylic acids is 1. The van der Waals surface area contributed by atoms with Crippen LogP contribution in [0.25, 0.3) is 0 Å². The molecule has 17 heavy (non-hydrogen) atoms. The van der Waals surface area contributed by atoms with Crippen molar-refractivity contribution >= 4 is 17.3 Å². The van der Waals surface area contributed by atoms with E-state index in [1.54, 1.807) is 0 Å². The molecule has 0 aromatic heterocycles. The van der Waals surface area contributed by atoms with Crippen LogP contribution < -0.4 is 10.6 Å². The molecule has 0 spiro atoms. The van der Waals surface area contributed by atoms with Gasteiger partial charge in [0.15, 0.2) is 0 Å². The number of amides is 1. The van der Waals surface area contributed by atoms with Gasteiger partial charge in [-0.15, -0.1) is 0 Å². The second-order valence-corrected chi connectivity index (χ2v) is 5.62. The lowest BCUT2D eigenvalue weighted by Crippen LogP contribution is -2.34. The maximum absolute atomic E-state index is 12.0. The second-order valence-electron chi connectivity index (χ2n) is 5.62. The molecule has 3 nitrogen and oxygen atoms in total. The molecule has 0 unspecified atom stereocenters. The fraction of sp³-hybridized carbons (Fsp3) is 0.500. The first-order valence-corrected chi connectivity index (χ1v) is 6.10. The van der Waals surface area contributed by atoms with Crippen LogP contribution in [0.5, 0.6) is 0 Å². The first-order chi connectivity index (χ1) is 7.92. The number of nitrogens with one attached hydrogen (secondary N) is 2. The monoisotopic (exact) mass is 232 g/mol. The Bertz CT molecular complexity index is 450. The molecule has 1 heterocycles. The third-order valence-corrected chi connectivity index (χ3v) is 3.29. The summed E-state index contributed by atoms with van der Waals surface area (Å²) >= 11 is 0. The number of rotatable bonds is 1. The topological polar surface area (TPSA) is 41.1 Å². The summed E-state index contributed by atoms with van der Waals surface area (Å²) in [7, 11) is 0. The largest absolute Gasteiger partial charge is 0.382 e. The Morgan fingerprint density at radius 1 is 1.29 bits per heavy atom. The van der Waals surface area contributed by atoms with Crippen LogP contribution in [0.2, 0.25) is 0 Å². The highest BCUT2D eigenvalue weighted by molar-refractivity contribution is 6.00. The van der Waals surface area contributed by atoms with Crippen molar-refractivity contribution in [2.75, 3.05) is 17.2 Å². The molecule has 1 aliphatic rings. The number of carbonyl (C=O) groups is 1. The Morgan fingerprint density at radius 2 is 2.00 bits per heavy atom. The molecule has 0 saturated carbocycles. The van der Waals surface area contributed by atoms with Crippen molar-refractivity contribution in [3.05, 3.63) is 23.8 Å². The second kappa shape index (κ2) is 4.06. The molecule has 0 aliphatic carbocycles. The summed E-state index contributed by atoms with van der Waals surface area (Å²) in [5.74, 6) is 0.514. The average Bonchev–Trinajstić information content (AvgIpc) is 2.36. The zero-order chi connectivity index (χ0) is 12.6. The van der Waals surface area contributed by atoms with Gasteiger partial charge in [-0.05, 0) is 31.4 Å². The van der Waals surface area contributed by atoms with E-state index >= 15 is 0 Å². The van der Waals surface area contributed by atoms with E-state index in [0.717, 1.165) is 11.4 Å². The molecular weight excluding hydrogens is 212 g/mol. The molecule has 0 bridgehead atoms. The van der Waals surface area contributed by atoms with E-state index in [1.165, 1.54) is 5.56 Å². The molecule has 0 atom stereocenters. The predicted octanol–water partition coefficient (Wildman–Crippen LogP) is 3.20. The number of anilines is 2. The first kappa shape index (κ1) is 12.0. The summed E-state index contributed by atoms with van der Waals surface area (Å²) < 4.78 is 0. The van der Waals surface area contributed by atoms with Crippen LogP contribution in [0.3, 0.4) is 0 Å². The highest BCUT2D eigenvalue weighted by atomic mass is 16.2. The van der Waals surface area contributed by atoms with Crippen LogP contribution in [0, 0.1) is 5.41 Å². The molecule has 1 amide bonds. The van der Waals surface area contributed by atoms with Gasteiger partial charge in [0, 0.05) is 6.54 Å². The normalized spacial score (nSPS) is 18.1. The number of fused-ring (bicyclic) bond motifs is 1. The Labute approximate surface area is 103 Å². The van der Waals surface area contributed by atoms with Gasteiger partial charge in [0.05, 0.1) is 16.8 Å². The van der Waals surface area contributed by atoms with E-state index < -0.39 is 0 Å². The van der Waals surface area contributed by atoms with Crippen LogP contribution in [0.1, 0.15) is 39.2 Å². The number of para-hydroxylation sites is 1. The lowest BCUT2D eigenvalue weighted by atomic mass is 9.92. The van der Waals surface area contributed by atoms with E-state index in [1.807, 2.05) is 26.0 Å². The lowest BCUT2D eigenvalue weighted by Gasteiger charge is -2.20. The van der Waals surface area contributed by atoms with Gasteiger partial charge < -0.3 is 10.6 Å². The van der Waals surface area contributed by atoms with Crippen LogP contribution in [-0.2, 0) is 4.79 Å². The zero-order valence-corrected chi connectivity index (χ0v) is 10.9. The summed E-state index contributed by atoms with van der Waals surface area (Å²) in [6.07, 6.45) is 0. The average molecular weight is 232 g/mol. The van der Waals surface area contributed by atoms with Crippen LogP contribution in [-0.4, -0.2) is 12.5 Å². The molecule has 0 radical (unpaired) electrons. The molecular formula is C14H20N2O. The van der Waals surface area contributed by atoms with Gasteiger partial charge in [0.1, 0.15) is 0 Å². The Hall–Kier alpha value is -1.51. The minimum absolute atomic E-state index is 0.0738. The quantitative estimate of drug-likeness (QED) is 0.780. The molecule has 0 fully saturated rings. The lowest BCUT2D eigenvalue weighted by molar-refractivity contribution is -0.123. The molecule has 92 valence electrons. The smallest absolute Gasteiger partial charge is 0.231 e. The molecule has 1 aliphatic heterocycles. The zero-order valence-electron chi connectivity index (χ0n) is 10.9. The van der Waals surface area contributed by atoms with Gasteiger partial charge in [-0.25, -0.2) is 0 Å². The standard InChI is InChI=1S/C14H20N2O/c1-9(2)10-6-5-7-11-12(10)15-8-14(3,4)13(17)16-11/h5-7,9,15H,8H2,1-4H3,(H,16,17). The number of hydrogen-bond acceptors (Lipinski definition) is 2. The molecule has 2 rings (SSSR count). The summed E-state index contributed by atoms with van der Waals surface area (Å²) in [6, 6.07) is 6.06. The van der Waals surface area contributed by atoms with Crippen molar-refractivity contribution in [1.29, 1.82) is 0 Å². The number of hydrogen-bond donors (Lipinski definition) is 2. The van der Waals surface area contributed by atoms with Crippen molar-refractivity contribution < 1.29 is 4.79 Å². The van der Waals surface area contributed by atoms with E-state index in [-0.39, 0.29) is 11.3 Å². The molecule has 1 aromatic rings. The maximum Gasteiger partial charge on any atom is 0.231 e. The first-order valence-electron chi connectivity index (χ1n) is 6.10. The van der Waals surface area contributed by atoms with Crippen molar-refractivity contribution in [1.82, 2.24) is 0 Å². The van der Waals surface area contributed by atoms with E-state index in [4.69, 9.17) is 0 Å². The van der Waals surface area contributed by atoms with Gasteiger partial charge >= 0.3 is 0 Å². The van der Waals surface area contributed by atoms with E-state index in [2.05, 4.69) is 30.5 Å². The molecule has 1 aromatic carbocycles. The van der Waals surface area contributed by atoms with Gasteiger partial charge in [-0.1, -0.05) is 26.0 Å². The predicted molar refractivity (Wildman–Crippen MR) is 71.4 cm³/mol. The minimum atomic E-state index is -0.382. The van der Waals surface area contributed by atoms with Gasteiger partial charge in [-0.2, -0.15) is 0 Å². The molecule has 2 N–H and O–H groups in total. The Balaban J connectivity index is 2.46. The summed E-state index contributed by atoms with van der Waals surface area (Å²) in [5, 5.41) is 6.42. The van der Waals surface area contributed by atoms with Crippen LogP contribution in [0.4, 0.5) is 11.4 Å². The summed E-state index contributed by atoms with van der Waals surface area (Å²) in [6.45, 7) is 8.90. The fourth-order valence-electron chi connectivity index (χ4n) is 2.03. The highest BCUT2D eigenvalue weighted by Gasteiger charge is 2.31. The minimum Gasteiger partial charge on any atom is -0.382 e. The van der Waals surface area contributed by atoms with E-state index in [9.17, 15) is 4.79 Å². The third-order valence-electron chi connectivity index (χ3n) is 3.29. The van der Waals surface area contributed by atoms with Gasteiger partial charge in [0.2, 0.25) is 5.91 Å². The van der Waals surface area contributed by atoms with E-state index in [0.29, 0.717) is 12.5 Å². The fourth-order valence-corrected chi connectivity index (χ4v) is 2.03. The molecule has 3 heteroatoms. The number of benzene rings is 1. The summed E-state index contributed by atoms with van der Waals surface area (Å²) in [5.41, 5.74) is 2.83. The van der Waals surface area contributed by atoms with Crippen LogP contribution >= 0.6 is 0 Å². The van der Waals surface area contributed by atoms with Crippen molar-refractivity contribution in [3.63, 3.8) is 0 Å². The van der Waals surface area contributed by atoms with Gasteiger partial charge in [-0.3, -0.25) is 4.79 Å². The van der Waals surface area contributed by atoms with Crippen molar-refractivity contribution in [2.45, 2.75) is 33.6 Å². The maximum atomic E-state index is 12.0. The van der Waals surface area contributed by atoms with Gasteiger partial charge in [0.25, 0.3) is 0 Å². The summed E-state index contributed by atoms with van der Waals surface area (Å²) in [4.78, 5) is 12.0. The van der Waals surface area contributed by atoms with Crippen molar-refractivity contribution in [3.8, 4) is 0 Å². The van der Waals surface area contributed by atoms with Crippen molar-refractivity contribution in [2.24, 2.45) is 5.41 Å². The Morgan fingerprint density at radius 3 is 2.65 bits per heavy atom.